The minimum Gasteiger partial charge on any atom is -0.748 e. The maximum atomic E-state index is 13.3. The molecule has 0 unspecified atom stereocenters. The first-order valence-electron chi connectivity index (χ1n) is 13.2. The molecule has 41 heavy (non-hydrogen) atoms. The molecular weight excluding hydrogens is 548 g/mol. The molecule has 0 fully saturated rings. The number of nitrogens with zero attached hydrogens (tertiary/aromatic N) is 4. The van der Waals surface area contributed by atoms with Crippen LogP contribution < -0.4 is 15.1 Å². The van der Waals surface area contributed by atoms with E-state index in [0.29, 0.717) is 48.2 Å². The molecule has 3 aromatic heterocycles. The van der Waals surface area contributed by atoms with Crippen LogP contribution in [0.5, 0.6) is 0 Å². The molecule has 3 heterocycles. The van der Waals surface area contributed by atoms with Gasteiger partial charge in [-0.1, -0.05) is 12.1 Å². The summed E-state index contributed by atoms with van der Waals surface area (Å²) in [6, 6.07) is 16.8. The molecule has 0 radical (unpaired) electrons. The number of ether oxygens (including phenoxy) is 1. The van der Waals surface area contributed by atoms with Gasteiger partial charge in [0.25, 0.3) is 0 Å². The number of carbonyl (C=O) groups is 1. The summed E-state index contributed by atoms with van der Waals surface area (Å²) in [6.45, 7) is 3.37. The molecule has 2 aromatic carbocycles. The molecule has 0 aliphatic rings. The third kappa shape index (κ3) is 5.33. The van der Waals surface area contributed by atoms with Gasteiger partial charge in [-0.3, -0.25) is 4.79 Å². The first-order chi connectivity index (χ1) is 19.7. The van der Waals surface area contributed by atoms with E-state index in [4.69, 9.17) is 9.15 Å². The van der Waals surface area contributed by atoms with Gasteiger partial charge in [-0.05, 0) is 50.1 Å². The number of pyridine rings is 1. The van der Waals surface area contributed by atoms with Crippen molar-refractivity contribution in [1.82, 2.24) is 4.40 Å². The Balaban J connectivity index is 1.74. The number of para-hydroxylation sites is 2. The highest BCUT2D eigenvalue weighted by molar-refractivity contribution is 7.85. The molecule has 212 valence electrons. The van der Waals surface area contributed by atoms with Gasteiger partial charge in [-0.25, -0.2) is 17.8 Å². The second-order valence-electron chi connectivity index (χ2n) is 9.68. The molecule has 0 saturated heterocycles. The zero-order valence-electron chi connectivity index (χ0n) is 22.6. The number of fused-ring (bicyclic) bond motifs is 7. The van der Waals surface area contributed by atoms with Crippen LogP contribution in [0.1, 0.15) is 31.7 Å². The Morgan fingerprint density at radius 2 is 1.95 bits per heavy atom. The van der Waals surface area contributed by atoms with Gasteiger partial charge >= 0.3 is 17.2 Å². The summed E-state index contributed by atoms with van der Waals surface area (Å²) in [5.41, 5.74) is 3.47. The fourth-order valence-corrected chi connectivity index (χ4v) is 5.90. The van der Waals surface area contributed by atoms with Crippen LogP contribution in [-0.4, -0.2) is 49.3 Å². The Hall–Kier alpha value is -4.47. The Kier molecular flexibility index (Phi) is 7.66. The predicted octanol–water partition coefficient (Wildman–Crippen LogP) is 3.23. The summed E-state index contributed by atoms with van der Waals surface area (Å²) >= 11 is 0. The van der Waals surface area contributed by atoms with Crippen LogP contribution in [-0.2, 0) is 26.2 Å². The molecule has 0 aliphatic heterocycles. The second kappa shape index (κ2) is 11.2. The van der Waals surface area contributed by atoms with Gasteiger partial charge < -0.3 is 18.6 Å². The first kappa shape index (κ1) is 28.1. The first-order valence-corrected chi connectivity index (χ1v) is 14.8. The summed E-state index contributed by atoms with van der Waals surface area (Å²) in [4.78, 5) is 27.0. The van der Waals surface area contributed by atoms with E-state index >= 15 is 0 Å². The standard InChI is InChI=1S/C29H28N4O7S/c1-3-31(14-12-26(34)39-2)20-10-11-21-25(17-20)40-29(35)22-16-19(18-30)28-32(13-6-7-15-41(36,37)38)23-8-4-5-9-24(23)33(28)27(21)22/h4-5,8-11,16-17H,3,6-7,12-15H2,1-2H3. The second-order valence-corrected chi connectivity index (χ2v) is 11.2. The molecule has 0 aliphatic carbocycles. The Labute approximate surface area is 235 Å². The number of esters is 1. The van der Waals surface area contributed by atoms with E-state index in [9.17, 15) is 27.8 Å². The summed E-state index contributed by atoms with van der Waals surface area (Å²) in [7, 11) is -2.98. The maximum absolute atomic E-state index is 13.3. The third-order valence-corrected chi connectivity index (χ3v) is 8.03. The normalized spacial score (nSPS) is 11.9. The van der Waals surface area contributed by atoms with Gasteiger partial charge in [0.1, 0.15) is 22.6 Å². The van der Waals surface area contributed by atoms with Crippen molar-refractivity contribution < 1.29 is 31.5 Å². The number of benzene rings is 2. The highest BCUT2D eigenvalue weighted by atomic mass is 32.2. The Morgan fingerprint density at radius 3 is 2.66 bits per heavy atom. The lowest BCUT2D eigenvalue weighted by atomic mass is 10.1. The molecule has 0 spiro atoms. The van der Waals surface area contributed by atoms with Crippen molar-refractivity contribution in [2.45, 2.75) is 32.7 Å². The van der Waals surface area contributed by atoms with Crippen LogP contribution in [0.15, 0.2) is 57.7 Å². The minimum absolute atomic E-state index is 0.180. The van der Waals surface area contributed by atoms with E-state index in [1.165, 1.54) is 13.2 Å². The van der Waals surface area contributed by atoms with Gasteiger partial charge in [-0.2, -0.15) is 9.66 Å². The van der Waals surface area contributed by atoms with Crippen LogP contribution in [0.25, 0.3) is 38.6 Å². The molecule has 0 atom stereocenters. The number of nitriles is 1. The molecule has 5 aromatic rings. The van der Waals surface area contributed by atoms with Crippen molar-refractivity contribution >= 4 is 60.3 Å². The van der Waals surface area contributed by atoms with Crippen molar-refractivity contribution in [1.29, 1.82) is 5.26 Å². The Morgan fingerprint density at radius 1 is 1.17 bits per heavy atom. The van der Waals surface area contributed by atoms with E-state index in [0.717, 1.165) is 16.7 Å². The van der Waals surface area contributed by atoms with Gasteiger partial charge in [0.05, 0.1) is 35.6 Å². The molecule has 5 rings (SSSR count). The number of aryl methyl sites for hydroxylation is 1. The summed E-state index contributed by atoms with van der Waals surface area (Å²) in [5.74, 6) is -0.784. The van der Waals surface area contributed by atoms with Crippen LogP contribution in [0, 0.1) is 11.3 Å². The number of aromatic nitrogens is 2. The topological polar surface area (TPSA) is 149 Å². The summed E-state index contributed by atoms with van der Waals surface area (Å²) in [5, 5.41) is 11.0. The molecule has 0 amide bonds. The van der Waals surface area contributed by atoms with Crippen LogP contribution in [0.3, 0.4) is 0 Å². The van der Waals surface area contributed by atoms with Crippen molar-refractivity contribution in [3.8, 4) is 6.07 Å². The number of rotatable bonds is 10. The van der Waals surface area contributed by atoms with Gasteiger partial charge in [-0.15, -0.1) is 0 Å². The average molecular weight is 577 g/mol. The predicted molar refractivity (Wildman–Crippen MR) is 152 cm³/mol. The lowest BCUT2D eigenvalue weighted by Gasteiger charge is -2.22. The van der Waals surface area contributed by atoms with Crippen molar-refractivity contribution in [3.05, 3.63) is 64.5 Å². The van der Waals surface area contributed by atoms with Crippen molar-refractivity contribution in [2.75, 3.05) is 30.9 Å². The summed E-state index contributed by atoms with van der Waals surface area (Å²) < 4.78 is 47.7. The van der Waals surface area contributed by atoms with Crippen LogP contribution in [0.2, 0.25) is 0 Å². The van der Waals surface area contributed by atoms with Gasteiger partial charge in [0.15, 0.2) is 16.6 Å². The number of anilines is 1. The largest absolute Gasteiger partial charge is 0.748 e. The lowest BCUT2D eigenvalue weighted by molar-refractivity contribution is -0.646. The fraction of sp³-hybridized carbons (Fsp3) is 0.310. The highest BCUT2D eigenvalue weighted by Gasteiger charge is 2.28. The van der Waals surface area contributed by atoms with Crippen molar-refractivity contribution in [2.24, 2.45) is 0 Å². The zero-order chi connectivity index (χ0) is 29.3. The molecule has 0 saturated carbocycles. The molecule has 12 heteroatoms. The number of hydrogen-bond acceptors (Lipinski definition) is 9. The summed E-state index contributed by atoms with van der Waals surface area (Å²) in [6.07, 6.45) is 0.787. The SMILES string of the molecule is CCN(CCC(=O)OC)c1ccc2c(c1)oc(=O)c1cc(C#N)c3n(c4ccccc4[n+]3CCCCS(=O)(=O)[O-])c12. The number of carbonyl (C=O) groups excluding carboxylic acids is 1. The minimum atomic E-state index is -4.33. The monoisotopic (exact) mass is 576 g/mol. The number of unbranched alkanes of at least 4 members (excludes halogenated alkanes) is 1. The Bertz CT molecular complexity index is 2020. The van der Waals surface area contributed by atoms with E-state index in [2.05, 4.69) is 6.07 Å². The fourth-order valence-electron chi connectivity index (χ4n) is 5.34. The molecule has 0 N–H and O–H groups in total. The molecule has 11 nitrogen and oxygen atoms in total. The lowest BCUT2D eigenvalue weighted by Crippen LogP contribution is -2.34. The smallest absolute Gasteiger partial charge is 0.347 e. The molecular formula is C29H28N4O7S. The van der Waals surface area contributed by atoms with Gasteiger partial charge in [0.2, 0.25) is 0 Å². The van der Waals surface area contributed by atoms with E-state index in [-0.39, 0.29) is 29.8 Å². The van der Waals surface area contributed by atoms with Crippen LogP contribution in [0.4, 0.5) is 5.69 Å². The quantitative estimate of drug-likeness (QED) is 0.0610. The third-order valence-electron chi connectivity index (χ3n) is 7.24. The number of methoxy groups -OCH3 is 1. The zero-order valence-corrected chi connectivity index (χ0v) is 23.4. The maximum Gasteiger partial charge on any atom is 0.347 e. The van der Waals surface area contributed by atoms with Crippen LogP contribution >= 0.6 is 0 Å². The molecule has 0 bridgehead atoms. The van der Waals surface area contributed by atoms with E-state index < -0.39 is 21.5 Å². The highest BCUT2D eigenvalue weighted by Crippen LogP contribution is 2.31. The number of imidazole rings is 1. The van der Waals surface area contributed by atoms with E-state index in [1.54, 1.807) is 6.07 Å². The van der Waals surface area contributed by atoms with Crippen molar-refractivity contribution in [3.63, 3.8) is 0 Å². The van der Waals surface area contributed by atoms with E-state index in [1.807, 2.05) is 57.2 Å². The average Bonchev–Trinajstić information content (AvgIpc) is 3.29. The van der Waals surface area contributed by atoms with Gasteiger partial charge in [0, 0.05) is 30.6 Å². The number of hydrogen-bond donors (Lipinski definition) is 0.